The molecule has 104 valence electrons. The maximum atomic E-state index is 11.6. The quantitative estimate of drug-likeness (QED) is 0.459. The highest BCUT2D eigenvalue weighted by Crippen LogP contribution is 2.02. The number of unbranched alkanes of at least 4 members (excludes halogenated alkanes) is 1. The lowest BCUT2D eigenvalue weighted by Crippen LogP contribution is -2.48. The third-order valence-corrected chi connectivity index (χ3v) is 2.47. The van der Waals surface area contributed by atoms with E-state index in [4.69, 9.17) is 15.9 Å². The molecule has 0 aromatic carbocycles. The first-order valence-corrected chi connectivity index (χ1v) is 5.89. The van der Waals surface area contributed by atoms with Crippen molar-refractivity contribution in [2.24, 2.45) is 5.73 Å². The second kappa shape index (κ2) is 8.46. The van der Waals surface area contributed by atoms with Gasteiger partial charge >= 0.3 is 11.9 Å². The van der Waals surface area contributed by atoms with E-state index in [0.717, 1.165) is 12.8 Å². The van der Waals surface area contributed by atoms with Crippen LogP contribution in [0.15, 0.2) is 0 Å². The minimum atomic E-state index is -1.26. The number of carbonyl (C=O) groups is 3. The topological polar surface area (TPSA) is 130 Å². The number of hydrogen-bond donors (Lipinski definition) is 4. The third kappa shape index (κ3) is 6.85. The Hall–Kier alpha value is -1.63. The van der Waals surface area contributed by atoms with E-state index in [1.807, 2.05) is 6.92 Å². The Morgan fingerprint density at radius 3 is 2.28 bits per heavy atom. The third-order valence-electron chi connectivity index (χ3n) is 2.47. The average Bonchev–Trinajstić information content (AvgIpc) is 2.30. The van der Waals surface area contributed by atoms with Gasteiger partial charge in [0.2, 0.25) is 5.91 Å². The smallest absolute Gasteiger partial charge is 0.326 e. The molecule has 0 aliphatic carbocycles. The normalized spacial score (nSPS) is 13.7. The van der Waals surface area contributed by atoms with Gasteiger partial charge in [-0.05, 0) is 12.8 Å². The zero-order chi connectivity index (χ0) is 14.1. The van der Waals surface area contributed by atoms with Gasteiger partial charge in [-0.15, -0.1) is 0 Å². The molecule has 0 aromatic heterocycles. The van der Waals surface area contributed by atoms with Crippen molar-refractivity contribution in [3.05, 3.63) is 0 Å². The molecule has 0 saturated heterocycles. The lowest BCUT2D eigenvalue weighted by molar-refractivity contribution is -0.143. The molecule has 7 nitrogen and oxygen atoms in total. The molecule has 0 heterocycles. The Morgan fingerprint density at radius 1 is 1.22 bits per heavy atom. The van der Waals surface area contributed by atoms with Crippen LogP contribution < -0.4 is 11.1 Å². The number of nitrogens with one attached hydrogen (secondary N) is 1. The molecule has 1 unspecified atom stereocenters. The van der Waals surface area contributed by atoms with Crippen LogP contribution in [0.2, 0.25) is 0 Å². The molecule has 0 aliphatic rings. The summed E-state index contributed by atoms with van der Waals surface area (Å²) in [4.78, 5) is 32.8. The molecule has 0 aromatic rings. The maximum Gasteiger partial charge on any atom is 0.326 e. The average molecular weight is 260 g/mol. The van der Waals surface area contributed by atoms with Gasteiger partial charge in [0, 0.05) is 6.42 Å². The molecule has 2 atom stereocenters. The second-order valence-corrected chi connectivity index (χ2v) is 4.08. The van der Waals surface area contributed by atoms with Crippen molar-refractivity contribution in [2.45, 2.75) is 51.1 Å². The highest BCUT2D eigenvalue weighted by atomic mass is 16.4. The van der Waals surface area contributed by atoms with E-state index in [2.05, 4.69) is 5.32 Å². The van der Waals surface area contributed by atoms with Gasteiger partial charge in [0.25, 0.3) is 0 Å². The fourth-order valence-corrected chi connectivity index (χ4v) is 1.36. The summed E-state index contributed by atoms with van der Waals surface area (Å²) < 4.78 is 0. The summed E-state index contributed by atoms with van der Waals surface area (Å²) in [6, 6.07) is -1.96. The molecule has 7 heteroatoms. The zero-order valence-electron chi connectivity index (χ0n) is 10.4. The number of rotatable bonds is 9. The van der Waals surface area contributed by atoms with Gasteiger partial charge in [-0.25, -0.2) is 4.79 Å². The number of hydrogen-bond acceptors (Lipinski definition) is 4. The summed E-state index contributed by atoms with van der Waals surface area (Å²) in [6.07, 6.45) is 1.68. The van der Waals surface area contributed by atoms with Crippen molar-refractivity contribution in [1.82, 2.24) is 5.32 Å². The predicted molar refractivity (Wildman–Crippen MR) is 63.9 cm³/mol. The predicted octanol–water partition coefficient (Wildman–Crippen LogP) is -0.0619. The van der Waals surface area contributed by atoms with Crippen LogP contribution in [0.3, 0.4) is 0 Å². The van der Waals surface area contributed by atoms with Crippen molar-refractivity contribution in [2.75, 3.05) is 0 Å². The van der Waals surface area contributed by atoms with Crippen LogP contribution >= 0.6 is 0 Å². The molecule has 0 spiro atoms. The van der Waals surface area contributed by atoms with Crippen molar-refractivity contribution in [3.8, 4) is 0 Å². The van der Waals surface area contributed by atoms with Crippen LogP contribution in [-0.2, 0) is 14.4 Å². The number of carbonyl (C=O) groups excluding carboxylic acids is 1. The van der Waals surface area contributed by atoms with Crippen molar-refractivity contribution < 1.29 is 24.6 Å². The highest BCUT2D eigenvalue weighted by Gasteiger charge is 2.23. The van der Waals surface area contributed by atoms with Gasteiger partial charge in [-0.2, -0.15) is 0 Å². The SMILES string of the molecule is CCCCC(N)C(=O)N[C@@H](CCC(=O)O)C(=O)O. The molecule has 0 aliphatic heterocycles. The van der Waals surface area contributed by atoms with E-state index in [9.17, 15) is 14.4 Å². The summed E-state index contributed by atoms with van der Waals surface area (Å²) in [5, 5.41) is 19.6. The van der Waals surface area contributed by atoms with E-state index in [1.165, 1.54) is 0 Å². The zero-order valence-corrected chi connectivity index (χ0v) is 10.4. The molecule has 5 N–H and O–H groups in total. The number of amides is 1. The molecule has 1 amide bonds. The molecule has 0 bridgehead atoms. The number of carboxylic acid groups (broad SMARTS) is 2. The van der Waals surface area contributed by atoms with Crippen molar-refractivity contribution in [3.63, 3.8) is 0 Å². The van der Waals surface area contributed by atoms with Gasteiger partial charge in [0.15, 0.2) is 0 Å². The van der Waals surface area contributed by atoms with E-state index in [0.29, 0.717) is 6.42 Å². The van der Waals surface area contributed by atoms with Crippen LogP contribution in [-0.4, -0.2) is 40.1 Å². The molecule has 0 fully saturated rings. The Labute approximate surface area is 105 Å². The summed E-state index contributed by atoms with van der Waals surface area (Å²) in [7, 11) is 0. The first kappa shape index (κ1) is 16.4. The highest BCUT2D eigenvalue weighted by molar-refractivity contribution is 5.87. The number of aliphatic carboxylic acids is 2. The first-order valence-electron chi connectivity index (χ1n) is 5.89. The summed E-state index contributed by atoms with van der Waals surface area (Å²) in [5.74, 6) is -2.92. The summed E-state index contributed by atoms with van der Waals surface area (Å²) >= 11 is 0. The van der Waals surface area contributed by atoms with Gasteiger partial charge in [-0.1, -0.05) is 19.8 Å². The molecular weight excluding hydrogens is 240 g/mol. The minimum absolute atomic E-state index is 0.156. The van der Waals surface area contributed by atoms with Crippen molar-refractivity contribution >= 4 is 17.8 Å². The van der Waals surface area contributed by atoms with Crippen LogP contribution in [0.25, 0.3) is 0 Å². The standard InChI is InChI=1S/C11H20N2O5/c1-2-3-4-7(12)10(16)13-8(11(17)18)5-6-9(14)15/h7-8H,2-6,12H2,1H3,(H,13,16)(H,14,15)(H,17,18)/t7?,8-/m0/s1. The second-order valence-electron chi connectivity index (χ2n) is 4.08. The van der Waals surface area contributed by atoms with E-state index < -0.39 is 29.9 Å². The number of carboxylic acids is 2. The largest absolute Gasteiger partial charge is 0.481 e. The van der Waals surface area contributed by atoms with Gasteiger partial charge < -0.3 is 21.3 Å². The van der Waals surface area contributed by atoms with Crippen LogP contribution in [0.4, 0.5) is 0 Å². The van der Waals surface area contributed by atoms with Crippen LogP contribution in [0.1, 0.15) is 39.0 Å². The van der Waals surface area contributed by atoms with E-state index >= 15 is 0 Å². The van der Waals surface area contributed by atoms with E-state index in [-0.39, 0.29) is 12.8 Å². The minimum Gasteiger partial charge on any atom is -0.481 e. The summed E-state index contributed by atoms with van der Waals surface area (Å²) in [6.45, 7) is 1.96. The molecule has 0 saturated carbocycles. The summed E-state index contributed by atoms with van der Waals surface area (Å²) in [5.41, 5.74) is 5.59. The van der Waals surface area contributed by atoms with Gasteiger partial charge in [0.1, 0.15) is 6.04 Å². The lowest BCUT2D eigenvalue weighted by atomic mass is 10.1. The maximum absolute atomic E-state index is 11.6. The Morgan fingerprint density at radius 2 is 1.83 bits per heavy atom. The molecule has 0 radical (unpaired) electrons. The fourth-order valence-electron chi connectivity index (χ4n) is 1.36. The Balaban J connectivity index is 4.26. The van der Waals surface area contributed by atoms with Crippen LogP contribution in [0, 0.1) is 0 Å². The Bertz CT molecular complexity index is 306. The van der Waals surface area contributed by atoms with Gasteiger partial charge in [-0.3, -0.25) is 9.59 Å². The van der Waals surface area contributed by atoms with Gasteiger partial charge in [0.05, 0.1) is 6.04 Å². The number of nitrogens with two attached hydrogens (primary N) is 1. The Kier molecular flexibility index (Phi) is 7.69. The first-order chi connectivity index (χ1) is 8.38. The fraction of sp³-hybridized carbons (Fsp3) is 0.727. The van der Waals surface area contributed by atoms with Crippen molar-refractivity contribution in [1.29, 1.82) is 0 Å². The monoisotopic (exact) mass is 260 g/mol. The molecular formula is C11H20N2O5. The van der Waals surface area contributed by atoms with E-state index in [1.54, 1.807) is 0 Å². The molecule has 0 rings (SSSR count). The molecule has 18 heavy (non-hydrogen) atoms. The van der Waals surface area contributed by atoms with Crippen LogP contribution in [0.5, 0.6) is 0 Å². The lowest BCUT2D eigenvalue weighted by Gasteiger charge is -2.17.